The number of para-hydroxylation sites is 3. The molecule has 0 saturated carbocycles. The van der Waals surface area contributed by atoms with Crippen LogP contribution in [-0.4, -0.2) is 49.3 Å². The summed E-state index contributed by atoms with van der Waals surface area (Å²) in [6.45, 7) is 1.56. The largest absolute Gasteiger partial charge is 0.496 e. The number of benzene rings is 3. The fourth-order valence-corrected chi connectivity index (χ4v) is 6.68. The Balaban J connectivity index is 1.58. The summed E-state index contributed by atoms with van der Waals surface area (Å²) in [5, 5.41) is 22.1. The number of fused-ring (bicyclic) bond motifs is 4. The van der Waals surface area contributed by atoms with Gasteiger partial charge in [0.05, 0.1) is 25.9 Å². The van der Waals surface area contributed by atoms with Crippen molar-refractivity contribution in [3.63, 3.8) is 0 Å². The first-order valence-electron chi connectivity index (χ1n) is 12.5. The van der Waals surface area contributed by atoms with Crippen LogP contribution in [0.3, 0.4) is 0 Å². The monoisotopic (exact) mass is 518 g/mol. The first kappa shape index (κ1) is 24.0. The van der Waals surface area contributed by atoms with E-state index in [-0.39, 0.29) is 0 Å². The summed E-state index contributed by atoms with van der Waals surface area (Å²) < 4.78 is 5.76. The number of methoxy groups -OCH3 is 1. The molecule has 3 aliphatic heterocycles. The van der Waals surface area contributed by atoms with Crippen molar-refractivity contribution in [2.75, 3.05) is 43.3 Å². The number of nitrogens with zero attached hydrogens (tertiary/aromatic N) is 6. The lowest BCUT2D eigenvalue weighted by molar-refractivity contribution is 0.202. The zero-order valence-electron chi connectivity index (χ0n) is 21.0. The van der Waals surface area contributed by atoms with E-state index in [9.17, 15) is 10.5 Å². The Hall–Kier alpha value is -4.40. The smallest absolute Gasteiger partial charge is 0.141 e. The molecule has 0 radical (unpaired) electrons. The van der Waals surface area contributed by atoms with Gasteiger partial charge in [-0.15, -0.1) is 0 Å². The molecule has 3 aromatic rings. The van der Waals surface area contributed by atoms with E-state index in [1.165, 1.54) is 0 Å². The number of anilines is 2. The lowest BCUT2D eigenvalue weighted by Gasteiger charge is -2.61. The molecule has 0 aliphatic carbocycles. The Kier molecular flexibility index (Phi) is 5.78. The van der Waals surface area contributed by atoms with Crippen molar-refractivity contribution in [1.29, 1.82) is 10.5 Å². The number of aliphatic imine (C=N–C) groups is 1. The van der Waals surface area contributed by atoms with Crippen LogP contribution in [0.5, 0.6) is 5.75 Å². The molecule has 3 aliphatic rings. The molecule has 6 rings (SSSR count). The average Bonchev–Trinajstić information content (AvgIpc) is 3.00. The number of thiocarbonyl (C=S) groups is 1. The van der Waals surface area contributed by atoms with Gasteiger partial charge >= 0.3 is 0 Å². The quantitative estimate of drug-likeness (QED) is 0.459. The van der Waals surface area contributed by atoms with Gasteiger partial charge < -0.3 is 19.4 Å². The minimum atomic E-state index is -1.17. The van der Waals surface area contributed by atoms with Crippen molar-refractivity contribution in [3.8, 4) is 17.9 Å². The fourth-order valence-electron chi connectivity index (χ4n) is 6.31. The van der Waals surface area contributed by atoms with Crippen LogP contribution in [0.4, 0.5) is 11.4 Å². The molecule has 3 aromatic carbocycles. The van der Waals surface area contributed by atoms with Gasteiger partial charge in [0.2, 0.25) is 0 Å². The Morgan fingerprint density at radius 3 is 2.05 bits per heavy atom. The van der Waals surface area contributed by atoms with Gasteiger partial charge in [0.25, 0.3) is 0 Å². The lowest BCUT2D eigenvalue weighted by Crippen LogP contribution is -2.73. The van der Waals surface area contributed by atoms with Crippen LogP contribution >= 0.6 is 12.2 Å². The van der Waals surface area contributed by atoms with Crippen molar-refractivity contribution >= 4 is 34.4 Å². The molecule has 8 heteroatoms. The first-order chi connectivity index (χ1) is 18.6. The number of amidine groups is 1. The molecule has 2 bridgehead atoms. The zero-order valence-corrected chi connectivity index (χ0v) is 21.8. The van der Waals surface area contributed by atoms with Gasteiger partial charge in [-0.25, -0.2) is 4.99 Å². The Morgan fingerprint density at radius 2 is 1.42 bits per heavy atom. The summed E-state index contributed by atoms with van der Waals surface area (Å²) in [5.74, 6) is 0.718. The van der Waals surface area contributed by atoms with Crippen LogP contribution < -0.4 is 14.5 Å². The zero-order chi connectivity index (χ0) is 26.3. The second kappa shape index (κ2) is 9.16. The molecule has 3 heterocycles. The van der Waals surface area contributed by atoms with E-state index in [0.717, 1.165) is 16.9 Å². The summed E-state index contributed by atoms with van der Waals surface area (Å²) in [6, 6.07) is 32.9. The maximum atomic E-state index is 11.1. The second-order valence-electron chi connectivity index (χ2n) is 9.91. The van der Waals surface area contributed by atoms with E-state index in [4.69, 9.17) is 21.9 Å². The van der Waals surface area contributed by atoms with Crippen molar-refractivity contribution < 1.29 is 4.74 Å². The molecule has 0 aromatic heterocycles. The number of hydrogen-bond acceptors (Lipinski definition) is 7. The molecule has 188 valence electrons. The van der Waals surface area contributed by atoms with Gasteiger partial charge in [-0.1, -0.05) is 66.8 Å². The number of ether oxygens (including phenoxy) is 1. The van der Waals surface area contributed by atoms with E-state index < -0.39 is 16.7 Å². The molecule has 7 nitrogen and oxygen atoms in total. The summed E-state index contributed by atoms with van der Waals surface area (Å²) in [5.41, 5.74) is 0.457. The third-order valence-electron chi connectivity index (χ3n) is 7.94. The summed E-state index contributed by atoms with van der Waals surface area (Å²) in [4.78, 5) is 11.7. The van der Waals surface area contributed by atoms with Gasteiger partial charge in [-0.3, -0.25) is 0 Å². The van der Waals surface area contributed by atoms with E-state index in [2.05, 4.69) is 21.9 Å². The predicted molar refractivity (Wildman–Crippen MR) is 151 cm³/mol. The van der Waals surface area contributed by atoms with Crippen LogP contribution in [0.25, 0.3) is 0 Å². The molecule has 3 atom stereocenters. The maximum absolute atomic E-state index is 11.1. The van der Waals surface area contributed by atoms with Crippen LogP contribution in [-0.2, 0) is 0 Å². The minimum absolute atomic E-state index is 0.355. The third kappa shape index (κ3) is 3.38. The van der Waals surface area contributed by atoms with E-state index in [0.29, 0.717) is 43.0 Å². The molecule has 0 N–H and O–H groups in total. The van der Waals surface area contributed by atoms with E-state index in [1.807, 2.05) is 89.8 Å². The number of rotatable bonds is 4. The molecule has 0 spiro atoms. The van der Waals surface area contributed by atoms with Gasteiger partial charge in [-0.2, -0.15) is 10.5 Å². The van der Waals surface area contributed by atoms with Crippen molar-refractivity contribution in [2.24, 2.45) is 15.8 Å². The normalized spacial score (nSPS) is 26.1. The van der Waals surface area contributed by atoms with Gasteiger partial charge in [0, 0.05) is 35.9 Å². The Bertz CT molecular complexity index is 1500. The number of hydrogen-bond donors (Lipinski definition) is 0. The minimum Gasteiger partial charge on any atom is -0.496 e. The molecule has 38 heavy (non-hydrogen) atoms. The van der Waals surface area contributed by atoms with Gasteiger partial charge in [0.1, 0.15) is 34.1 Å². The van der Waals surface area contributed by atoms with Crippen LogP contribution in [0.1, 0.15) is 11.5 Å². The van der Waals surface area contributed by atoms with Crippen LogP contribution in [0, 0.1) is 33.5 Å². The fraction of sp³-hybridized carbons (Fsp3) is 0.267. The topological polar surface area (TPSA) is 78.9 Å². The molecule has 0 amide bonds. The summed E-state index contributed by atoms with van der Waals surface area (Å²) >= 11 is 6.20. The third-order valence-corrected chi connectivity index (χ3v) is 8.53. The highest BCUT2D eigenvalue weighted by Gasteiger charge is 2.68. The lowest BCUT2D eigenvalue weighted by atomic mass is 9.53. The molecular weight excluding hydrogens is 492 g/mol. The Labute approximate surface area is 227 Å². The highest BCUT2D eigenvalue weighted by Crippen LogP contribution is 2.60. The van der Waals surface area contributed by atoms with Crippen molar-refractivity contribution in [3.05, 3.63) is 90.5 Å². The molecular formula is C30H26N6OS. The Morgan fingerprint density at radius 1 is 0.842 bits per heavy atom. The standard InChI is InChI=1S/C30H26N6OS/c1-37-25-15-9-8-14-24(25)26-29(16-31)18-34(22-10-4-2-5-11-22)19-30(26,17-32)28(38)36-21-35(20-33-27(29)36)23-12-6-3-7-13-23/h2-15,26H,18-21H2,1H3/t26-,29+,30+/m1/s1. The molecule has 2 fully saturated rings. The predicted octanol–water partition coefficient (Wildman–Crippen LogP) is 4.80. The van der Waals surface area contributed by atoms with E-state index in [1.54, 1.807) is 7.11 Å². The van der Waals surface area contributed by atoms with Gasteiger partial charge in [-0.05, 0) is 30.3 Å². The highest BCUT2D eigenvalue weighted by molar-refractivity contribution is 7.80. The van der Waals surface area contributed by atoms with Crippen LogP contribution in [0.2, 0.25) is 0 Å². The molecule has 2 saturated heterocycles. The van der Waals surface area contributed by atoms with Crippen LogP contribution in [0.15, 0.2) is 89.9 Å². The van der Waals surface area contributed by atoms with E-state index >= 15 is 0 Å². The highest BCUT2D eigenvalue weighted by atomic mass is 32.1. The van der Waals surface area contributed by atoms with Crippen molar-refractivity contribution in [1.82, 2.24) is 4.90 Å². The molecule has 0 unspecified atom stereocenters. The van der Waals surface area contributed by atoms with Crippen molar-refractivity contribution in [2.45, 2.75) is 5.92 Å². The summed E-state index contributed by atoms with van der Waals surface area (Å²) in [6.07, 6.45) is 0. The van der Waals surface area contributed by atoms with Gasteiger partial charge in [0.15, 0.2) is 0 Å². The first-order valence-corrected chi connectivity index (χ1v) is 12.9. The number of nitriles is 2. The number of piperidine rings is 2. The summed E-state index contributed by atoms with van der Waals surface area (Å²) in [7, 11) is 1.62. The SMILES string of the molecule is COc1ccccc1[C@H]1[C@]2(C#N)CN(c3ccccc3)C[C@]1(C#N)C1=NCN(c3ccccc3)CN1C2=S. The average molecular weight is 519 g/mol. The second-order valence-corrected chi connectivity index (χ2v) is 10.3. The maximum Gasteiger partial charge on any atom is 0.141 e.